The molecule has 0 unspecified atom stereocenters. The van der Waals surface area contributed by atoms with Crippen molar-refractivity contribution in [1.82, 2.24) is 0 Å². The van der Waals surface area contributed by atoms with Gasteiger partial charge in [0.15, 0.2) is 0 Å². The molecule has 0 spiro atoms. The number of nitro benzene ring substituents is 1. The maximum atomic E-state index is 11.5. The van der Waals surface area contributed by atoms with Crippen LogP contribution < -0.4 is 4.74 Å². The summed E-state index contributed by atoms with van der Waals surface area (Å²) in [7, 11) is 0. The zero-order valence-corrected chi connectivity index (χ0v) is 11.2. The highest BCUT2D eigenvalue weighted by atomic mass is 16.6. The molecule has 0 aromatic heterocycles. The minimum Gasteiger partial charge on any atom is -0.417 e. The predicted octanol–water partition coefficient (Wildman–Crippen LogP) is 2.86. The molecule has 0 aliphatic heterocycles. The van der Waals surface area contributed by atoms with E-state index < -0.39 is 10.9 Å². The van der Waals surface area contributed by atoms with E-state index in [0.717, 1.165) is 5.56 Å². The number of hydrogen-bond donors (Lipinski definition) is 0. The Morgan fingerprint density at radius 3 is 2.29 bits per heavy atom. The van der Waals surface area contributed by atoms with Gasteiger partial charge in [-0.25, -0.2) is 4.79 Å². The highest BCUT2D eigenvalue weighted by molar-refractivity contribution is 5.90. The molecule has 2 aromatic carbocycles. The van der Waals surface area contributed by atoms with Gasteiger partial charge in [0.2, 0.25) is 0 Å². The number of ether oxygens (including phenoxy) is 1. The summed E-state index contributed by atoms with van der Waals surface area (Å²) < 4.78 is 4.96. The highest BCUT2D eigenvalue weighted by Gasteiger charge is 2.06. The van der Waals surface area contributed by atoms with Crippen LogP contribution in [-0.2, 0) is 4.79 Å². The first kappa shape index (κ1) is 14.3. The van der Waals surface area contributed by atoms with Crippen molar-refractivity contribution < 1.29 is 14.5 Å². The molecule has 104 valence electrons. The first-order valence-electron chi connectivity index (χ1n) is 6.09. The molecule has 0 saturated carbocycles. The molecule has 0 aliphatic rings. The summed E-state index contributed by atoms with van der Waals surface area (Å²) in [6, 6.07) is 12.6. The zero-order chi connectivity index (χ0) is 15.2. The second-order valence-corrected chi connectivity index (χ2v) is 4.26. The highest BCUT2D eigenvalue weighted by Crippen LogP contribution is 2.17. The summed E-state index contributed by atoms with van der Waals surface area (Å²) in [5.74, 6) is 4.54. The van der Waals surface area contributed by atoms with Gasteiger partial charge in [0.05, 0.1) is 4.92 Å². The van der Waals surface area contributed by atoms with Gasteiger partial charge in [0.1, 0.15) is 5.75 Å². The molecule has 2 aromatic rings. The van der Waals surface area contributed by atoms with Crippen molar-refractivity contribution >= 4 is 11.7 Å². The Balaban J connectivity index is 2.02. The van der Waals surface area contributed by atoms with Gasteiger partial charge in [-0.2, -0.15) is 0 Å². The van der Waals surface area contributed by atoms with Gasteiger partial charge in [0.25, 0.3) is 5.69 Å². The van der Waals surface area contributed by atoms with E-state index in [9.17, 15) is 14.9 Å². The van der Waals surface area contributed by atoms with Gasteiger partial charge in [-0.1, -0.05) is 23.6 Å². The van der Waals surface area contributed by atoms with Crippen molar-refractivity contribution in [3.05, 3.63) is 69.8 Å². The number of benzene rings is 2. The van der Waals surface area contributed by atoms with Crippen molar-refractivity contribution in [2.45, 2.75) is 6.92 Å². The number of nitro groups is 1. The van der Waals surface area contributed by atoms with Crippen molar-refractivity contribution in [3.63, 3.8) is 0 Å². The number of nitrogens with zero attached hydrogens (tertiary/aromatic N) is 1. The van der Waals surface area contributed by atoms with Gasteiger partial charge in [-0.15, -0.1) is 0 Å². The van der Waals surface area contributed by atoms with E-state index in [1.165, 1.54) is 24.3 Å². The largest absolute Gasteiger partial charge is 0.417 e. The summed E-state index contributed by atoms with van der Waals surface area (Å²) >= 11 is 0. The molecule has 0 saturated heterocycles. The first-order chi connectivity index (χ1) is 10.0. The second kappa shape index (κ2) is 6.35. The third-order valence-corrected chi connectivity index (χ3v) is 2.62. The summed E-state index contributed by atoms with van der Waals surface area (Å²) in [5, 5.41) is 10.5. The number of carbonyl (C=O) groups excluding carboxylic acids is 1. The number of aryl methyl sites for hydroxylation is 1. The summed E-state index contributed by atoms with van der Waals surface area (Å²) in [6.07, 6.45) is 0. The molecule has 5 nitrogen and oxygen atoms in total. The molecular weight excluding hydrogens is 270 g/mol. The number of carbonyl (C=O) groups is 1. The van der Waals surface area contributed by atoms with Gasteiger partial charge >= 0.3 is 5.97 Å². The van der Waals surface area contributed by atoms with Crippen LogP contribution in [0.3, 0.4) is 0 Å². The van der Waals surface area contributed by atoms with Gasteiger partial charge in [-0.3, -0.25) is 10.1 Å². The zero-order valence-electron chi connectivity index (χ0n) is 11.2. The smallest absolute Gasteiger partial charge is 0.390 e. The molecule has 0 radical (unpaired) electrons. The second-order valence-electron chi connectivity index (χ2n) is 4.26. The molecule has 0 aliphatic carbocycles. The Hall–Kier alpha value is -3.13. The van der Waals surface area contributed by atoms with Crippen LogP contribution in [0.25, 0.3) is 0 Å². The van der Waals surface area contributed by atoms with Crippen LogP contribution in [0.4, 0.5) is 5.69 Å². The van der Waals surface area contributed by atoms with Gasteiger partial charge < -0.3 is 4.74 Å². The van der Waals surface area contributed by atoms with E-state index >= 15 is 0 Å². The van der Waals surface area contributed by atoms with E-state index in [1.807, 2.05) is 31.2 Å². The summed E-state index contributed by atoms with van der Waals surface area (Å²) in [6.45, 7) is 1.96. The molecule has 0 fully saturated rings. The lowest BCUT2D eigenvalue weighted by atomic mass is 10.2. The summed E-state index contributed by atoms with van der Waals surface area (Å²) in [4.78, 5) is 21.5. The summed E-state index contributed by atoms with van der Waals surface area (Å²) in [5.41, 5.74) is 1.75. The molecule has 5 heteroatoms. The standard InChI is InChI=1S/C16H11NO4/c1-12-2-4-13(5-3-12)6-11-16(18)21-15-9-7-14(8-10-15)17(19)20/h2-5,7-10H,1H3. The SMILES string of the molecule is Cc1ccc(C#CC(=O)Oc2ccc([N+](=O)[O-])cc2)cc1. The Bertz CT molecular complexity index is 722. The lowest BCUT2D eigenvalue weighted by molar-refractivity contribution is -0.384. The number of rotatable bonds is 2. The fourth-order valence-corrected chi connectivity index (χ4v) is 1.53. The van der Waals surface area contributed by atoms with Gasteiger partial charge in [0, 0.05) is 23.6 Å². The fourth-order valence-electron chi connectivity index (χ4n) is 1.53. The molecule has 0 bridgehead atoms. The minimum atomic E-state index is -0.718. The van der Waals surface area contributed by atoms with E-state index in [2.05, 4.69) is 11.8 Å². The molecular formula is C16H11NO4. The molecule has 0 amide bonds. The average Bonchev–Trinajstić information content (AvgIpc) is 2.47. The fraction of sp³-hybridized carbons (Fsp3) is 0.0625. The Kier molecular flexibility index (Phi) is 4.32. The van der Waals surface area contributed by atoms with Crippen molar-refractivity contribution in [1.29, 1.82) is 0 Å². The van der Waals surface area contributed by atoms with Crippen LogP contribution in [0.5, 0.6) is 5.75 Å². The molecule has 0 heterocycles. The van der Waals surface area contributed by atoms with E-state index in [4.69, 9.17) is 4.74 Å². The topological polar surface area (TPSA) is 69.4 Å². The maximum absolute atomic E-state index is 11.5. The predicted molar refractivity (Wildman–Crippen MR) is 76.8 cm³/mol. The van der Waals surface area contributed by atoms with Crippen molar-refractivity contribution in [3.8, 4) is 17.6 Å². The molecule has 0 atom stereocenters. The van der Waals surface area contributed by atoms with Crippen LogP contribution in [0.2, 0.25) is 0 Å². The third kappa shape index (κ3) is 4.18. The Morgan fingerprint density at radius 2 is 1.71 bits per heavy atom. The number of esters is 1. The molecule has 0 N–H and O–H groups in total. The van der Waals surface area contributed by atoms with E-state index in [-0.39, 0.29) is 11.4 Å². The maximum Gasteiger partial charge on any atom is 0.390 e. The van der Waals surface area contributed by atoms with Crippen molar-refractivity contribution in [2.75, 3.05) is 0 Å². The average molecular weight is 281 g/mol. The van der Waals surface area contributed by atoms with Crippen LogP contribution in [0, 0.1) is 28.9 Å². The lowest BCUT2D eigenvalue weighted by Crippen LogP contribution is -2.04. The van der Waals surface area contributed by atoms with E-state index in [1.54, 1.807) is 0 Å². The van der Waals surface area contributed by atoms with Crippen LogP contribution >= 0.6 is 0 Å². The first-order valence-corrected chi connectivity index (χ1v) is 6.09. The van der Waals surface area contributed by atoms with Crippen LogP contribution in [-0.4, -0.2) is 10.9 Å². The number of hydrogen-bond acceptors (Lipinski definition) is 4. The van der Waals surface area contributed by atoms with Crippen molar-refractivity contribution in [2.24, 2.45) is 0 Å². The van der Waals surface area contributed by atoms with Crippen LogP contribution in [0.15, 0.2) is 48.5 Å². The van der Waals surface area contributed by atoms with Crippen LogP contribution in [0.1, 0.15) is 11.1 Å². The van der Waals surface area contributed by atoms with Gasteiger partial charge in [-0.05, 0) is 31.2 Å². The number of non-ortho nitro benzene ring substituents is 1. The molecule has 2 rings (SSSR count). The quantitative estimate of drug-likeness (QED) is 0.279. The molecule has 21 heavy (non-hydrogen) atoms. The normalized spacial score (nSPS) is 9.38. The Morgan fingerprint density at radius 1 is 1.10 bits per heavy atom. The third-order valence-electron chi connectivity index (χ3n) is 2.62. The van der Waals surface area contributed by atoms with E-state index in [0.29, 0.717) is 5.56 Å². The monoisotopic (exact) mass is 281 g/mol. The lowest BCUT2D eigenvalue weighted by Gasteiger charge is -1.98. The minimum absolute atomic E-state index is 0.0689. The Labute approximate surface area is 121 Å².